The van der Waals surface area contributed by atoms with E-state index < -0.39 is 11.9 Å². The lowest BCUT2D eigenvalue weighted by molar-refractivity contribution is -0.149. The summed E-state index contributed by atoms with van der Waals surface area (Å²) in [5.74, 6) is -0.323. The zero-order chi connectivity index (χ0) is 20.4. The van der Waals surface area contributed by atoms with Crippen LogP contribution < -0.4 is 4.90 Å². The largest absolute Gasteiger partial charge is 0.459 e. The Morgan fingerprint density at radius 3 is 2.45 bits per heavy atom. The molecule has 1 fully saturated rings. The average molecular weight is 390 g/mol. The molecule has 2 heterocycles. The third-order valence-corrected chi connectivity index (χ3v) is 5.06. The van der Waals surface area contributed by atoms with Crippen molar-refractivity contribution in [2.45, 2.75) is 26.9 Å². The number of carbonyl (C=O) groups excluding carboxylic acids is 2. The second kappa shape index (κ2) is 7.91. The molecule has 1 amide bonds. The van der Waals surface area contributed by atoms with Gasteiger partial charge in [-0.15, -0.1) is 0 Å². The zero-order valence-corrected chi connectivity index (χ0v) is 16.4. The first-order valence-corrected chi connectivity index (χ1v) is 9.56. The molecule has 4 rings (SSSR count). The van der Waals surface area contributed by atoms with Crippen molar-refractivity contribution >= 4 is 17.6 Å². The van der Waals surface area contributed by atoms with Crippen LogP contribution in [0.3, 0.4) is 0 Å². The quantitative estimate of drug-likeness (QED) is 0.615. The number of nitrogens with zero attached hydrogens (tertiary/aromatic N) is 2. The summed E-state index contributed by atoms with van der Waals surface area (Å²) < 4.78 is 10.7. The lowest BCUT2D eigenvalue weighted by Gasteiger charge is -2.16. The summed E-state index contributed by atoms with van der Waals surface area (Å²) in [6.07, 6.45) is 0.153. The highest BCUT2D eigenvalue weighted by molar-refractivity contribution is 5.99. The van der Waals surface area contributed by atoms with Crippen LogP contribution in [0.25, 0.3) is 11.3 Å². The van der Waals surface area contributed by atoms with Crippen LogP contribution in [-0.4, -0.2) is 23.6 Å². The average Bonchev–Trinajstić information content (AvgIpc) is 3.34. The summed E-state index contributed by atoms with van der Waals surface area (Å²) in [6, 6.07) is 17.3. The number of hydrogen-bond acceptors (Lipinski definition) is 5. The first-order chi connectivity index (χ1) is 14.0. The van der Waals surface area contributed by atoms with Crippen LogP contribution in [0.15, 0.2) is 59.1 Å². The Bertz CT molecular complexity index is 1020. The SMILES string of the molecule is Cc1ccc(-c2cc(COC(=O)C3CC(=O)N(c4ccc(C)cc4)C3)no2)cc1. The Balaban J connectivity index is 1.35. The standard InChI is InChI=1S/C23H22N2O4/c1-15-3-7-17(8-4-15)21-12-19(24-29-21)14-28-23(27)18-11-22(26)25(13-18)20-9-5-16(2)6-10-20/h3-10,12,18H,11,13-14H2,1-2H3. The highest BCUT2D eigenvalue weighted by Crippen LogP contribution is 2.27. The number of anilines is 1. The fraction of sp³-hybridized carbons (Fsp3) is 0.261. The molecule has 0 spiro atoms. The third kappa shape index (κ3) is 4.21. The highest BCUT2D eigenvalue weighted by Gasteiger charge is 2.36. The molecular weight excluding hydrogens is 368 g/mol. The van der Waals surface area contributed by atoms with Gasteiger partial charge in [0.15, 0.2) is 5.76 Å². The van der Waals surface area contributed by atoms with Gasteiger partial charge in [0.25, 0.3) is 0 Å². The number of aromatic nitrogens is 1. The number of rotatable bonds is 5. The van der Waals surface area contributed by atoms with Crippen LogP contribution in [0, 0.1) is 19.8 Å². The van der Waals surface area contributed by atoms with Gasteiger partial charge in [0.05, 0.1) is 5.92 Å². The molecule has 2 aromatic carbocycles. The molecule has 1 saturated heterocycles. The number of aryl methyl sites for hydroxylation is 2. The number of carbonyl (C=O) groups is 2. The van der Waals surface area contributed by atoms with Crippen LogP contribution in [0.2, 0.25) is 0 Å². The monoisotopic (exact) mass is 390 g/mol. The molecule has 1 aromatic heterocycles. The molecule has 29 heavy (non-hydrogen) atoms. The summed E-state index contributed by atoms with van der Waals surface area (Å²) in [4.78, 5) is 26.4. The first-order valence-electron chi connectivity index (χ1n) is 9.56. The smallest absolute Gasteiger partial charge is 0.311 e. The second-order valence-corrected chi connectivity index (χ2v) is 7.40. The second-order valence-electron chi connectivity index (χ2n) is 7.40. The number of amides is 1. The minimum absolute atomic E-state index is 0.0173. The van der Waals surface area contributed by atoms with Crippen LogP contribution >= 0.6 is 0 Å². The van der Waals surface area contributed by atoms with Crippen molar-refractivity contribution < 1.29 is 18.8 Å². The van der Waals surface area contributed by atoms with Crippen molar-refractivity contribution in [3.05, 3.63) is 71.4 Å². The predicted molar refractivity (Wildman–Crippen MR) is 108 cm³/mol. The Morgan fingerprint density at radius 2 is 1.76 bits per heavy atom. The van der Waals surface area contributed by atoms with Crippen LogP contribution in [0.1, 0.15) is 23.2 Å². The van der Waals surface area contributed by atoms with Gasteiger partial charge in [-0.2, -0.15) is 0 Å². The van der Waals surface area contributed by atoms with E-state index in [4.69, 9.17) is 9.26 Å². The van der Waals surface area contributed by atoms with Gasteiger partial charge in [0.1, 0.15) is 12.3 Å². The zero-order valence-electron chi connectivity index (χ0n) is 16.4. The van der Waals surface area contributed by atoms with Crippen molar-refractivity contribution in [2.24, 2.45) is 5.92 Å². The Morgan fingerprint density at radius 1 is 1.10 bits per heavy atom. The maximum Gasteiger partial charge on any atom is 0.311 e. The van der Waals surface area contributed by atoms with Crippen molar-refractivity contribution in [1.29, 1.82) is 0 Å². The molecule has 0 bridgehead atoms. The predicted octanol–water partition coefficient (Wildman–Crippen LogP) is 4.05. The minimum atomic E-state index is -0.479. The summed E-state index contributed by atoms with van der Waals surface area (Å²) >= 11 is 0. The van der Waals surface area contributed by atoms with Gasteiger partial charge in [-0.05, 0) is 26.0 Å². The molecule has 1 atom stereocenters. The fourth-order valence-corrected chi connectivity index (χ4v) is 3.34. The van der Waals surface area contributed by atoms with Gasteiger partial charge < -0.3 is 14.2 Å². The maximum absolute atomic E-state index is 12.4. The Kier molecular flexibility index (Phi) is 5.16. The number of hydrogen-bond donors (Lipinski definition) is 0. The fourth-order valence-electron chi connectivity index (χ4n) is 3.34. The highest BCUT2D eigenvalue weighted by atomic mass is 16.5. The summed E-state index contributed by atoms with van der Waals surface area (Å²) in [7, 11) is 0. The Hall–Kier alpha value is -3.41. The van der Waals surface area contributed by atoms with Crippen molar-refractivity contribution in [1.82, 2.24) is 5.16 Å². The van der Waals surface area contributed by atoms with Gasteiger partial charge in [-0.1, -0.05) is 52.7 Å². The minimum Gasteiger partial charge on any atom is -0.459 e. The van der Waals surface area contributed by atoms with E-state index in [0.717, 1.165) is 22.4 Å². The molecule has 6 nitrogen and oxygen atoms in total. The van der Waals surface area contributed by atoms with Gasteiger partial charge in [-0.25, -0.2) is 0 Å². The molecule has 1 unspecified atom stereocenters. The number of ether oxygens (including phenoxy) is 1. The normalized spacial score (nSPS) is 16.3. The van der Waals surface area contributed by atoms with Crippen molar-refractivity contribution in [2.75, 3.05) is 11.4 Å². The lowest BCUT2D eigenvalue weighted by Crippen LogP contribution is -2.26. The molecule has 1 aliphatic heterocycles. The molecular formula is C23H22N2O4. The van der Waals surface area contributed by atoms with E-state index in [1.54, 1.807) is 11.0 Å². The van der Waals surface area contributed by atoms with E-state index in [2.05, 4.69) is 5.16 Å². The summed E-state index contributed by atoms with van der Waals surface area (Å²) in [5, 5.41) is 3.97. The van der Waals surface area contributed by atoms with Crippen molar-refractivity contribution in [3.63, 3.8) is 0 Å². The summed E-state index contributed by atoms with van der Waals surface area (Å²) in [5.41, 5.74) is 4.53. The molecule has 0 saturated carbocycles. The molecule has 1 aliphatic rings. The van der Waals surface area contributed by atoms with E-state index in [1.807, 2.05) is 62.4 Å². The van der Waals surface area contributed by atoms with E-state index in [-0.39, 0.29) is 18.9 Å². The van der Waals surface area contributed by atoms with Gasteiger partial charge in [0.2, 0.25) is 5.91 Å². The first kappa shape index (κ1) is 18.9. The molecule has 0 N–H and O–H groups in total. The van der Waals surface area contributed by atoms with Crippen LogP contribution in [0.5, 0.6) is 0 Å². The van der Waals surface area contributed by atoms with Crippen molar-refractivity contribution in [3.8, 4) is 11.3 Å². The van der Waals surface area contributed by atoms with Gasteiger partial charge in [0, 0.05) is 30.3 Å². The third-order valence-electron chi connectivity index (χ3n) is 5.06. The van der Waals surface area contributed by atoms with Crippen LogP contribution in [0.4, 0.5) is 5.69 Å². The lowest BCUT2D eigenvalue weighted by atomic mass is 10.1. The molecule has 3 aromatic rings. The van der Waals surface area contributed by atoms with E-state index in [9.17, 15) is 9.59 Å². The number of esters is 1. The van der Waals surface area contributed by atoms with Gasteiger partial charge >= 0.3 is 5.97 Å². The van der Waals surface area contributed by atoms with E-state index in [1.165, 1.54) is 0 Å². The van der Waals surface area contributed by atoms with E-state index >= 15 is 0 Å². The maximum atomic E-state index is 12.4. The number of benzene rings is 2. The van der Waals surface area contributed by atoms with Crippen LogP contribution in [-0.2, 0) is 20.9 Å². The molecule has 0 radical (unpaired) electrons. The van der Waals surface area contributed by atoms with Gasteiger partial charge in [-0.3, -0.25) is 9.59 Å². The Labute approximate surface area is 169 Å². The summed E-state index contributed by atoms with van der Waals surface area (Å²) in [6.45, 7) is 4.35. The molecule has 0 aliphatic carbocycles. The molecule has 148 valence electrons. The topological polar surface area (TPSA) is 72.6 Å². The molecule has 6 heteroatoms. The van der Waals surface area contributed by atoms with E-state index in [0.29, 0.717) is 18.0 Å².